The van der Waals surface area contributed by atoms with Gasteiger partial charge in [0.15, 0.2) is 5.75 Å². The SMILES string of the molecule is Cc1ncc(Oc2cccc([C@@H]3CNCCO3)c2)cn1. The van der Waals surface area contributed by atoms with Gasteiger partial charge in [0.1, 0.15) is 11.6 Å². The Bertz CT molecular complexity index is 566. The lowest BCUT2D eigenvalue weighted by Gasteiger charge is -2.24. The summed E-state index contributed by atoms with van der Waals surface area (Å²) in [6, 6.07) is 7.94. The van der Waals surface area contributed by atoms with E-state index in [4.69, 9.17) is 9.47 Å². The largest absolute Gasteiger partial charge is 0.454 e. The van der Waals surface area contributed by atoms with Gasteiger partial charge in [-0.2, -0.15) is 0 Å². The van der Waals surface area contributed by atoms with Gasteiger partial charge in [0.2, 0.25) is 0 Å². The predicted octanol–water partition coefficient (Wildman–Crippen LogP) is 2.24. The van der Waals surface area contributed by atoms with Crippen LogP contribution in [0.15, 0.2) is 36.7 Å². The molecule has 20 heavy (non-hydrogen) atoms. The number of hydrogen-bond donors (Lipinski definition) is 1. The molecule has 2 aromatic rings. The van der Waals surface area contributed by atoms with Crippen LogP contribution in [0.2, 0.25) is 0 Å². The molecule has 5 nitrogen and oxygen atoms in total. The highest BCUT2D eigenvalue weighted by Gasteiger charge is 2.16. The molecule has 104 valence electrons. The molecule has 0 radical (unpaired) electrons. The number of morpholine rings is 1. The van der Waals surface area contributed by atoms with Gasteiger partial charge in [-0.15, -0.1) is 0 Å². The zero-order valence-corrected chi connectivity index (χ0v) is 11.4. The first-order chi connectivity index (χ1) is 9.81. The first-order valence-electron chi connectivity index (χ1n) is 6.70. The molecule has 0 amide bonds. The fourth-order valence-corrected chi connectivity index (χ4v) is 2.13. The standard InChI is InChI=1S/C15H17N3O2/c1-11-17-8-14(9-18-11)20-13-4-2-3-12(7-13)15-10-16-5-6-19-15/h2-4,7-9,15-16H,5-6,10H2,1H3/t15-/m0/s1. The van der Waals surface area contributed by atoms with E-state index in [1.165, 1.54) is 0 Å². The Morgan fingerprint density at radius 1 is 1.25 bits per heavy atom. The van der Waals surface area contributed by atoms with Gasteiger partial charge in [-0.1, -0.05) is 12.1 Å². The van der Waals surface area contributed by atoms with Crippen molar-refractivity contribution in [2.45, 2.75) is 13.0 Å². The van der Waals surface area contributed by atoms with Crippen molar-refractivity contribution in [3.8, 4) is 11.5 Å². The Hall–Kier alpha value is -1.98. The van der Waals surface area contributed by atoms with Crippen LogP contribution in [0.25, 0.3) is 0 Å². The van der Waals surface area contributed by atoms with Crippen LogP contribution < -0.4 is 10.1 Å². The van der Waals surface area contributed by atoms with Crippen LogP contribution in [0.3, 0.4) is 0 Å². The predicted molar refractivity (Wildman–Crippen MR) is 74.8 cm³/mol. The maximum Gasteiger partial charge on any atom is 0.164 e. The second-order valence-corrected chi connectivity index (χ2v) is 4.70. The minimum Gasteiger partial charge on any atom is -0.454 e. The second kappa shape index (κ2) is 5.98. The minimum atomic E-state index is 0.0848. The molecule has 0 bridgehead atoms. The van der Waals surface area contributed by atoms with E-state index in [1.807, 2.05) is 25.1 Å². The van der Waals surface area contributed by atoms with Gasteiger partial charge in [-0.05, 0) is 24.6 Å². The number of nitrogens with one attached hydrogen (secondary N) is 1. The van der Waals surface area contributed by atoms with E-state index in [1.54, 1.807) is 12.4 Å². The van der Waals surface area contributed by atoms with Gasteiger partial charge in [-0.3, -0.25) is 0 Å². The van der Waals surface area contributed by atoms with Crippen molar-refractivity contribution in [1.82, 2.24) is 15.3 Å². The summed E-state index contributed by atoms with van der Waals surface area (Å²) in [6.07, 6.45) is 3.43. The molecule has 1 N–H and O–H groups in total. The monoisotopic (exact) mass is 271 g/mol. The van der Waals surface area contributed by atoms with E-state index < -0.39 is 0 Å². The van der Waals surface area contributed by atoms with Crippen molar-refractivity contribution in [2.75, 3.05) is 19.7 Å². The highest BCUT2D eigenvalue weighted by molar-refractivity contribution is 5.33. The smallest absolute Gasteiger partial charge is 0.164 e. The van der Waals surface area contributed by atoms with Crippen molar-refractivity contribution in [3.05, 3.63) is 48.0 Å². The zero-order valence-electron chi connectivity index (χ0n) is 11.4. The highest BCUT2D eigenvalue weighted by atomic mass is 16.5. The van der Waals surface area contributed by atoms with Crippen molar-refractivity contribution in [3.63, 3.8) is 0 Å². The van der Waals surface area contributed by atoms with E-state index in [-0.39, 0.29) is 6.10 Å². The first kappa shape index (κ1) is 13.0. The lowest BCUT2D eigenvalue weighted by atomic mass is 10.1. The average Bonchev–Trinajstić information content (AvgIpc) is 2.51. The van der Waals surface area contributed by atoms with Crippen molar-refractivity contribution < 1.29 is 9.47 Å². The Morgan fingerprint density at radius 2 is 2.10 bits per heavy atom. The number of ether oxygens (including phenoxy) is 2. The van der Waals surface area contributed by atoms with Crippen LogP contribution in [0.5, 0.6) is 11.5 Å². The van der Waals surface area contributed by atoms with E-state index in [0.29, 0.717) is 5.75 Å². The minimum absolute atomic E-state index is 0.0848. The number of nitrogens with zero attached hydrogens (tertiary/aromatic N) is 2. The average molecular weight is 271 g/mol. The zero-order chi connectivity index (χ0) is 13.8. The number of aromatic nitrogens is 2. The van der Waals surface area contributed by atoms with Crippen LogP contribution in [0.4, 0.5) is 0 Å². The first-order valence-corrected chi connectivity index (χ1v) is 6.70. The topological polar surface area (TPSA) is 56.3 Å². The van der Waals surface area contributed by atoms with E-state index in [9.17, 15) is 0 Å². The van der Waals surface area contributed by atoms with E-state index in [2.05, 4.69) is 21.4 Å². The molecule has 0 unspecified atom stereocenters. The van der Waals surface area contributed by atoms with E-state index >= 15 is 0 Å². The molecule has 5 heteroatoms. The normalized spacial score (nSPS) is 18.8. The molecule has 0 saturated carbocycles. The summed E-state index contributed by atoms with van der Waals surface area (Å²) in [7, 11) is 0. The lowest BCUT2D eigenvalue weighted by molar-refractivity contribution is 0.0276. The second-order valence-electron chi connectivity index (χ2n) is 4.70. The molecule has 3 rings (SSSR count). The Kier molecular flexibility index (Phi) is 3.90. The molecule has 1 aromatic carbocycles. The summed E-state index contributed by atoms with van der Waals surface area (Å²) in [6.45, 7) is 4.32. The molecule has 2 heterocycles. The maximum atomic E-state index is 5.76. The van der Waals surface area contributed by atoms with Crippen molar-refractivity contribution >= 4 is 0 Å². The lowest BCUT2D eigenvalue weighted by Crippen LogP contribution is -2.33. The van der Waals surface area contributed by atoms with Gasteiger partial charge >= 0.3 is 0 Å². The summed E-state index contributed by atoms with van der Waals surface area (Å²) in [5.74, 6) is 2.13. The van der Waals surface area contributed by atoms with Gasteiger partial charge in [0.25, 0.3) is 0 Å². The maximum absolute atomic E-state index is 5.76. The molecular formula is C15H17N3O2. The third-order valence-corrected chi connectivity index (χ3v) is 3.15. The van der Waals surface area contributed by atoms with Crippen LogP contribution >= 0.6 is 0 Å². The molecule has 1 aromatic heterocycles. The molecule has 1 aliphatic heterocycles. The van der Waals surface area contributed by atoms with Gasteiger partial charge in [-0.25, -0.2) is 9.97 Å². The Labute approximate surface area is 118 Å². The molecule has 1 fully saturated rings. The fourth-order valence-electron chi connectivity index (χ4n) is 2.13. The summed E-state index contributed by atoms with van der Waals surface area (Å²) < 4.78 is 11.5. The van der Waals surface area contributed by atoms with Crippen molar-refractivity contribution in [1.29, 1.82) is 0 Å². The highest BCUT2D eigenvalue weighted by Crippen LogP contribution is 2.26. The van der Waals surface area contributed by atoms with Crippen LogP contribution in [0, 0.1) is 6.92 Å². The molecular weight excluding hydrogens is 254 g/mol. The third kappa shape index (κ3) is 3.12. The summed E-state index contributed by atoms with van der Waals surface area (Å²) in [4.78, 5) is 8.23. The number of benzene rings is 1. The summed E-state index contributed by atoms with van der Waals surface area (Å²) in [5.41, 5.74) is 1.11. The van der Waals surface area contributed by atoms with Crippen LogP contribution in [-0.2, 0) is 4.74 Å². The van der Waals surface area contributed by atoms with Crippen LogP contribution in [0.1, 0.15) is 17.5 Å². The number of rotatable bonds is 3. The molecule has 1 aliphatic rings. The molecule has 1 saturated heterocycles. The third-order valence-electron chi connectivity index (χ3n) is 3.15. The quantitative estimate of drug-likeness (QED) is 0.927. The van der Waals surface area contributed by atoms with Crippen molar-refractivity contribution in [2.24, 2.45) is 0 Å². The van der Waals surface area contributed by atoms with Gasteiger partial charge in [0.05, 0.1) is 25.1 Å². The number of hydrogen-bond acceptors (Lipinski definition) is 5. The fraction of sp³-hybridized carbons (Fsp3) is 0.333. The summed E-state index contributed by atoms with van der Waals surface area (Å²) in [5, 5.41) is 3.32. The van der Waals surface area contributed by atoms with E-state index in [0.717, 1.165) is 36.8 Å². The Balaban J connectivity index is 1.75. The Morgan fingerprint density at radius 3 is 2.85 bits per heavy atom. The number of aryl methyl sites for hydroxylation is 1. The van der Waals surface area contributed by atoms with Crippen LogP contribution in [-0.4, -0.2) is 29.7 Å². The van der Waals surface area contributed by atoms with Gasteiger partial charge < -0.3 is 14.8 Å². The molecule has 0 aliphatic carbocycles. The molecule has 1 atom stereocenters. The summed E-state index contributed by atoms with van der Waals surface area (Å²) >= 11 is 0. The van der Waals surface area contributed by atoms with Gasteiger partial charge in [0, 0.05) is 13.1 Å². The molecule has 0 spiro atoms.